The standard InChI is InChI=1S/C13H20.2CHN/c1-4-5-6-10-13-11(2)8-7-9-12(13)3;2*1-2/h7-9H,4-6,10H2,1-3H3;2*1H. The highest BCUT2D eigenvalue weighted by Gasteiger charge is 2.00. The fourth-order valence-corrected chi connectivity index (χ4v) is 1.80. The number of unbranched alkanes of at least 4 members (excludes halogenated alkanes) is 2. The minimum Gasteiger partial charge on any atom is -0.202 e. The molecule has 0 atom stereocenters. The highest BCUT2D eigenvalue weighted by Crippen LogP contribution is 2.16. The van der Waals surface area contributed by atoms with Crippen LogP contribution < -0.4 is 0 Å². The van der Waals surface area contributed by atoms with Crippen molar-refractivity contribution in [1.82, 2.24) is 0 Å². The molecule has 0 bridgehead atoms. The third-order valence-electron chi connectivity index (χ3n) is 2.67. The van der Waals surface area contributed by atoms with Gasteiger partial charge < -0.3 is 0 Å². The first-order valence-electron chi connectivity index (χ1n) is 5.82. The summed E-state index contributed by atoms with van der Waals surface area (Å²) < 4.78 is 0. The van der Waals surface area contributed by atoms with E-state index in [0.717, 1.165) is 0 Å². The fraction of sp³-hybridized carbons (Fsp3) is 0.467. The van der Waals surface area contributed by atoms with Crippen LogP contribution in [0.2, 0.25) is 0 Å². The fourth-order valence-electron chi connectivity index (χ4n) is 1.80. The first kappa shape index (κ1) is 17.6. The minimum absolute atomic E-state index is 1.26. The third-order valence-corrected chi connectivity index (χ3v) is 2.67. The van der Waals surface area contributed by atoms with Crippen molar-refractivity contribution in [3.63, 3.8) is 0 Å². The van der Waals surface area contributed by atoms with Crippen LogP contribution in [0.15, 0.2) is 18.2 Å². The monoisotopic (exact) mass is 230 g/mol. The van der Waals surface area contributed by atoms with Crippen LogP contribution >= 0.6 is 0 Å². The second kappa shape index (κ2) is 12.3. The molecule has 0 aliphatic carbocycles. The number of nitrogens with zero attached hydrogens (tertiary/aromatic N) is 2. The molecule has 0 heterocycles. The molecule has 0 N–H and O–H groups in total. The minimum atomic E-state index is 1.26. The van der Waals surface area contributed by atoms with Gasteiger partial charge in [-0.05, 0) is 43.4 Å². The van der Waals surface area contributed by atoms with Crippen molar-refractivity contribution < 1.29 is 0 Å². The van der Waals surface area contributed by atoms with Crippen LogP contribution in [0, 0.1) is 37.5 Å². The predicted molar refractivity (Wildman–Crippen MR) is 72.5 cm³/mol. The van der Waals surface area contributed by atoms with E-state index in [1.807, 2.05) is 0 Å². The molecule has 0 spiro atoms. The average molecular weight is 230 g/mol. The molecule has 1 aromatic rings. The highest BCUT2D eigenvalue weighted by atomic mass is 14.2. The highest BCUT2D eigenvalue weighted by molar-refractivity contribution is 5.33. The van der Waals surface area contributed by atoms with Gasteiger partial charge >= 0.3 is 0 Å². The van der Waals surface area contributed by atoms with Crippen molar-refractivity contribution in [2.75, 3.05) is 0 Å². The van der Waals surface area contributed by atoms with Gasteiger partial charge in [0.25, 0.3) is 0 Å². The van der Waals surface area contributed by atoms with Gasteiger partial charge in [0.1, 0.15) is 0 Å². The van der Waals surface area contributed by atoms with Crippen LogP contribution in [0.4, 0.5) is 0 Å². The number of nitriles is 2. The molecule has 1 aromatic carbocycles. The Hall–Kier alpha value is -1.80. The summed E-state index contributed by atoms with van der Waals surface area (Å²) in [6.45, 7) is 13.7. The van der Waals surface area contributed by atoms with Gasteiger partial charge in [-0.15, -0.1) is 0 Å². The van der Waals surface area contributed by atoms with E-state index in [2.05, 4.69) is 52.1 Å². The normalized spacial score (nSPS) is 8.18. The molecule has 2 heteroatoms. The summed E-state index contributed by atoms with van der Waals surface area (Å²) in [4.78, 5) is 0. The van der Waals surface area contributed by atoms with E-state index in [9.17, 15) is 0 Å². The molecular weight excluding hydrogens is 208 g/mol. The SMILES string of the molecule is C#N.C#N.CCCCCc1c(C)cccc1C. The van der Waals surface area contributed by atoms with Crippen molar-refractivity contribution in [3.8, 4) is 13.1 Å². The van der Waals surface area contributed by atoms with Crippen molar-refractivity contribution in [2.24, 2.45) is 0 Å². The topological polar surface area (TPSA) is 47.6 Å². The van der Waals surface area contributed by atoms with Crippen molar-refractivity contribution >= 4 is 0 Å². The number of rotatable bonds is 4. The lowest BCUT2D eigenvalue weighted by atomic mass is 9.98. The quantitative estimate of drug-likeness (QED) is 0.723. The average Bonchev–Trinajstić information content (AvgIpc) is 2.38. The molecule has 0 saturated heterocycles. The lowest BCUT2D eigenvalue weighted by molar-refractivity contribution is 0.713. The van der Waals surface area contributed by atoms with E-state index >= 15 is 0 Å². The maximum Gasteiger partial charge on any atom is 0.0462 e. The molecule has 0 aromatic heterocycles. The summed E-state index contributed by atoms with van der Waals surface area (Å²) in [5.41, 5.74) is 4.48. The van der Waals surface area contributed by atoms with Crippen molar-refractivity contribution in [3.05, 3.63) is 34.9 Å². The van der Waals surface area contributed by atoms with Gasteiger partial charge in [0.15, 0.2) is 0 Å². The maximum absolute atomic E-state index is 6.50. The van der Waals surface area contributed by atoms with Gasteiger partial charge in [0, 0.05) is 13.1 Å². The Bertz CT molecular complexity index is 311. The smallest absolute Gasteiger partial charge is 0.0462 e. The lowest BCUT2D eigenvalue weighted by Gasteiger charge is -2.08. The molecular formula is C15H22N2. The molecule has 0 aliphatic heterocycles. The van der Waals surface area contributed by atoms with E-state index in [1.54, 1.807) is 5.56 Å². The number of aryl methyl sites for hydroxylation is 2. The van der Waals surface area contributed by atoms with Crippen LogP contribution in [0.25, 0.3) is 0 Å². The summed E-state index contributed by atoms with van der Waals surface area (Å²) >= 11 is 0. The zero-order valence-corrected chi connectivity index (χ0v) is 11.1. The molecule has 0 fully saturated rings. The Morgan fingerprint density at radius 2 is 1.41 bits per heavy atom. The number of hydrogen-bond donors (Lipinski definition) is 0. The maximum atomic E-state index is 6.50. The van der Waals surface area contributed by atoms with Gasteiger partial charge in [-0.25, -0.2) is 10.5 Å². The van der Waals surface area contributed by atoms with Gasteiger partial charge in [0.05, 0.1) is 0 Å². The second-order valence-electron chi connectivity index (χ2n) is 3.83. The summed E-state index contributed by atoms with van der Waals surface area (Å²) in [7, 11) is 0. The molecule has 0 saturated carbocycles. The molecule has 1 rings (SSSR count). The second-order valence-corrected chi connectivity index (χ2v) is 3.83. The van der Waals surface area contributed by atoms with E-state index in [1.165, 1.54) is 36.8 Å². The molecule has 0 unspecified atom stereocenters. The van der Waals surface area contributed by atoms with Gasteiger partial charge in [-0.1, -0.05) is 38.0 Å². The van der Waals surface area contributed by atoms with Crippen LogP contribution in [-0.2, 0) is 6.42 Å². The number of benzene rings is 1. The van der Waals surface area contributed by atoms with Crippen LogP contribution in [0.5, 0.6) is 0 Å². The summed E-state index contributed by atoms with van der Waals surface area (Å²) in [6.07, 6.45) is 5.26. The first-order chi connectivity index (χ1) is 8.25. The molecule has 17 heavy (non-hydrogen) atoms. The molecule has 0 amide bonds. The largest absolute Gasteiger partial charge is 0.202 e. The van der Waals surface area contributed by atoms with Crippen LogP contribution in [-0.4, -0.2) is 0 Å². The molecule has 0 radical (unpaired) electrons. The summed E-state index contributed by atoms with van der Waals surface area (Å²) in [5.74, 6) is 0. The molecule has 2 nitrogen and oxygen atoms in total. The Morgan fingerprint density at radius 1 is 0.941 bits per heavy atom. The Morgan fingerprint density at radius 3 is 1.82 bits per heavy atom. The van der Waals surface area contributed by atoms with Crippen LogP contribution in [0.3, 0.4) is 0 Å². The van der Waals surface area contributed by atoms with Crippen LogP contribution in [0.1, 0.15) is 42.9 Å². The van der Waals surface area contributed by atoms with Crippen molar-refractivity contribution in [1.29, 1.82) is 10.5 Å². The zero-order valence-electron chi connectivity index (χ0n) is 11.1. The van der Waals surface area contributed by atoms with E-state index in [0.29, 0.717) is 0 Å². The van der Waals surface area contributed by atoms with E-state index < -0.39 is 0 Å². The van der Waals surface area contributed by atoms with Crippen molar-refractivity contribution in [2.45, 2.75) is 46.5 Å². The molecule has 92 valence electrons. The summed E-state index contributed by atoms with van der Waals surface area (Å²) in [5, 5.41) is 13.0. The zero-order chi connectivity index (χ0) is 13.7. The molecule has 0 aliphatic rings. The summed E-state index contributed by atoms with van der Waals surface area (Å²) in [6, 6.07) is 6.58. The third kappa shape index (κ3) is 7.14. The van der Waals surface area contributed by atoms with Gasteiger partial charge in [-0.2, -0.15) is 0 Å². The number of hydrogen-bond acceptors (Lipinski definition) is 2. The first-order valence-corrected chi connectivity index (χ1v) is 5.82. The van der Waals surface area contributed by atoms with E-state index in [-0.39, 0.29) is 0 Å². The van der Waals surface area contributed by atoms with Gasteiger partial charge in [-0.3, -0.25) is 0 Å². The Labute approximate surface area is 106 Å². The Balaban J connectivity index is 0. The van der Waals surface area contributed by atoms with E-state index in [4.69, 9.17) is 10.5 Å². The van der Waals surface area contributed by atoms with Gasteiger partial charge in [0.2, 0.25) is 0 Å². The predicted octanol–water partition coefficient (Wildman–Crippen LogP) is 4.32. The lowest BCUT2D eigenvalue weighted by Crippen LogP contribution is -1.93. The Kier molecular flexibility index (Phi) is 12.7.